The summed E-state index contributed by atoms with van der Waals surface area (Å²) in [5, 5.41) is 2.93. The van der Waals surface area contributed by atoms with Gasteiger partial charge in [-0.3, -0.25) is 9.59 Å². The standard InChI is InChI=1S/C19H19ClN2O4/c1-21-18(23)13-5-3-12(4-6-13)11-22(2)19(24)14-9-15(20)17-16(10-14)25-7-8-26-17/h3-6,9-10H,7-8,11H2,1-2H3,(H,21,23). The average Bonchev–Trinajstić information content (AvgIpc) is 2.67. The number of carbonyl (C=O) groups excluding carboxylic acids is 2. The molecule has 1 heterocycles. The molecule has 6 nitrogen and oxygen atoms in total. The van der Waals surface area contributed by atoms with Crippen molar-refractivity contribution in [1.29, 1.82) is 0 Å². The fourth-order valence-corrected chi connectivity index (χ4v) is 2.97. The largest absolute Gasteiger partial charge is 0.486 e. The first-order valence-electron chi connectivity index (χ1n) is 8.15. The van der Waals surface area contributed by atoms with Gasteiger partial charge in [0.15, 0.2) is 11.5 Å². The Hall–Kier alpha value is -2.73. The molecule has 136 valence electrons. The van der Waals surface area contributed by atoms with Crippen LogP contribution in [0.25, 0.3) is 0 Å². The van der Waals surface area contributed by atoms with Crippen molar-refractivity contribution >= 4 is 23.4 Å². The second-order valence-corrected chi connectivity index (χ2v) is 6.33. The molecule has 0 spiro atoms. The maximum Gasteiger partial charge on any atom is 0.254 e. The van der Waals surface area contributed by atoms with E-state index >= 15 is 0 Å². The normalized spacial score (nSPS) is 12.4. The van der Waals surface area contributed by atoms with E-state index < -0.39 is 0 Å². The number of nitrogens with zero attached hydrogens (tertiary/aromatic N) is 1. The van der Waals surface area contributed by atoms with Crippen molar-refractivity contribution in [3.05, 3.63) is 58.1 Å². The summed E-state index contributed by atoms with van der Waals surface area (Å²) in [7, 11) is 3.29. The van der Waals surface area contributed by atoms with Crippen LogP contribution in [0.5, 0.6) is 11.5 Å². The Labute approximate surface area is 156 Å². The van der Waals surface area contributed by atoms with Crippen LogP contribution in [0.3, 0.4) is 0 Å². The highest BCUT2D eigenvalue weighted by Gasteiger charge is 2.21. The SMILES string of the molecule is CNC(=O)c1ccc(CN(C)C(=O)c2cc(Cl)c3c(c2)OCCO3)cc1. The number of nitrogens with one attached hydrogen (secondary N) is 1. The van der Waals surface area contributed by atoms with E-state index in [0.717, 1.165) is 5.56 Å². The highest BCUT2D eigenvalue weighted by molar-refractivity contribution is 6.32. The molecule has 0 fully saturated rings. The molecule has 0 atom stereocenters. The Morgan fingerprint density at radius 3 is 2.50 bits per heavy atom. The molecule has 0 unspecified atom stereocenters. The zero-order valence-electron chi connectivity index (χ0n) is 14.5. The van der Waals surface area contributed by atoms with E-state index in [-0.39, 0.29) is 11.8 Å². The van der Waals surface area contributed by atoms with Gasteiger partial charge >= 0.3 is 0 Å². The predicted molar refractivity (Wildman–Crippen MR) is 98.1 cm³/mol. The van der Waals surface area contributed by atoms with E-state index in [1.54, 1.807) is 43.3 Å². The van der Waals surface area contributed by atoms with Crippen molar-refractivity contribution in [2.45, 2.75) is 6.54 Å². The fraction of sp³-hybridized carbons (Fsp3) is 0.263. The lowest BCUT2D eigenvalue weighted by atomic mass is 10.1. The Balaban J connectivity index is 1.74. The Kier molecular flexibility index (Phi) is 5.32. The van der Waals surface area contributed by atoms with Gasteiger partial charge in [-0.25, -0.2) is 0 Å². The Morgan fingerprint density at radius 2 is 1.81 bits per heavy atom. The highest BCUT2D eigenvalue weighted by atomic mass is 35.5. The predicted octanol–water partition coefficient (Wildman–Crippen LogP) is 2.74. The lowest BCUT2D eigenvalue weighted by Crippen LogP contribution is -2.26. The molecule has 3 rings (SSSR count). The molecule has 0 saturated carbocycles. The summed E-state index contributed by atoms with van der Waals surface area (Å²) in [5.41, 5.74) is 1.92. The van der Waals surface area contributed by atoms with Gasteiger partial charge in [0, 0.05) is 31.8 Å². The zero-order chi connectivity index (χ0) is 18.7. The zero-order valence-corrected chi connectivity index (χ0v) is 15.3. The molecule has 1 aliphatic rings. The lowest BCUT2D eigenvalue weighted by Gasteiger charge is -2.22. The van der Waals surface area contributed by atoms with Crippen LogP contribution in [0.4, 0.5) is 0 Å². The van der Waals surface area contributed by atoms with Crippen LogP contribution >= 0.6 is 11.6 Å². The van der Waals surface area contributed by atoms with Gasteiger partial charge in [-0.2, -0.15) is 0 Å². The summed E-state index contributed by atoms with van der Waals surface area (Å²) in [4.78, 5) is 25.9. The molecule has 26 heavy (non-hydrogen) atoms. The molecule has 2 aromatic carbocycles. The Morgan fingerprint density at radius 1 is 1.12 bits per heavy atom. The van der Waals surface area contributed by atoms with Crippen molar-refractivity contribution in [1.82, 2.24) is 10.2 Å². The van der Waals surface area contributed by atoms with E-state index in [2.05, 4.69) is 5.32 Å². The van der Waals surface area contributed by atoms with E-state index in [1.165, 1.54) is 0 Å². The molecule has 7 heteroatoms. The lowest BCUT2D eigenvalue weighted by molar-refractivity contribution is 0.0783. The highest BCUT2D eigenvalue weighted by Crippen LogP contribution is 2.38. The molecule has 0 saturated heterocycles. The van der Waals surface area contributed by atoms with Crippen LogP contribution in [-0.4, -0.2) is 44.0 Å². The summed E-state index contributed by atoms with van der Waals surface area (Å²) in [6.07, 6.45) is 0. The number of halogens is 1. The molecule has 0 bridgehead atoms. The van der Waals surface area contributed by atoms with Crippen molar-refractivity contribution in [3.63, 3.8) is 0 Å². The van der Waals surface area contributed by atoms with Crippen LogP contribution in [0.15, 0.2) is 36.4 Å². The number of rotatable bonds is 4. The number of benzene rings is 2. The minimum absolute atomic E-state index is 0.146. The molecule has 0 radical (unpaired) electrons. The van der Waals surface area contributed by atoms with E-state index in [1.807, 2.05) is 12.1 Å². The first-order valence-corrected chi connectivity index (χ1v) is 8.53. The third kappa shape index (κ3) is 3.75. The third-order valence-electron chi connectivity index (χ3n) is 4.05. The molecule has 0 aliphatic carbocycles. The number of ether oxygens (including phenoxy) is 2. The van der Waals surface area contributed by atoms with Crippen LogP contribution in [0.2, 0.25) is 5.02 Å². The van der Waals surface area contributed by atoms with Crippen LogP contribution in [0.1, 0.15) is 26.3 Å². The smallest absolute Gasteiger partial charge is 0.254 e. The van der Waals surface area contributed by atoms with Crippen molar-refractivity contribution in [3.8, 4) is 11.5 Å². The van der Waals surface area contributed by atoms with Crippen LogP contribution < -0.4 is 14.8 Å². The van der Waals surface area contributed by atoms with E-state index in [9.17, 15) is 9.59 Å². The number of fused-ring (bicyclic) bond motifs is 1. The van der Waals surface area contributed by atoms with Gasteiger partial charge in [-0.1, -0.05) is 23.7 Å². The molecular weight excluding hydrogens is 356 g/mol. The van der Waals surface area contributed by atoms with E-state index in [0.29, 0.717) is 47.4 Å². The number of amides is 2. The first kappa shape index (κ1) is 18.1. The van der Waals surface area contributed by atoms with Gasteiger partial charge in [0.2, 0.25) is 0 Å². The molecule has 2 aromatic rings. The monoisotopic (exact) mass is 374 g/mol. The second-order valence-electron chi connectivity index (χ2n) is 5.92. The van der Waals surface area contributed by atoms with Crippen molar-refractivity contribution < 1.29 is 19.1 Å². The second kappa shape index (κ2) is 7.66. The van der Waals surface area contributed by atoms with Gasteiger partial charge in [0.25, 0.3) is 11.8 Å². The van der Waals surface area contributed by atoms with Gasteiger partial charge in [0.1, 0.15) is 13.2 Å². The van der Waals surface area contributed by atoms with Crippen LogP contribution in [-0.2, 0) is 6.54 Å². The maximum atomic E-state index is 12.7. The summed E-state index contributed by atoms with van der Waals surface area (Å²) >= 11 is 6.20. The average molecular weight is 375 g/mol. The quantitative estimate of drug-likeness (QED) is 0.893. The number of carbonyl (C=O) groups is 2. The molecule has 1 aliphatic heterocycles. The van der Waals surface area contributed by atoms with Crippen molar-refractivity contribution in [2.75, 3.05) is 27.3 Å². The topological polar surface area (TPSA) is 67.9 Å². The number of hydrogen-bond acceptors (Lipinski definition) is 4. The summed E-state index contributed by atoms with van der Waals surface area (Å²) in [5.74, 6) is 0.628. The Bertz CT molecular complexity index is 836. The summed E-state index contributed by atoms with van der Waals surface area (Å²) < 4.78 is 11.0. The maximum absolute atomic E-state index is 12.7. The minimum Gasteiger partial charge on any atom is -0.486 e. The first-order chi connectivity index (χ1) is 12.5. The molecule has 0 aromatic heterocycles. The molecule has 2 amide bonds. The van der Waals surface area contributed by atoms with Gasteiger partial charge in [0.05, 0.1) is 5.02 Å². The minimum atomic E-state index is -0.181. The molecule has 1 N–H and O–H groups in total. The molecular formula is C19H19ClN2O4. The van der Waals surface area contributed by atoms with Gasteiger partial charge in [-0.15, -0.1) is 0 Å². The van der Waals surface area contributed by atoms with Gasteiger partial charge < -0.3 is 19.7 Å². The fourth-order valence-electron chi connectivity index (χ4n) is 2.71. The van der Waals surface area contributed by atoms with Crippen molar-refractivity contribution in [2.24, 2.45) is 0 Å². The summed E-state index contributed by atoms with van der Waals surface area (Å²) in [6.45, 7) is 1.26. The van der Waals surface area contributed by atoms with E-state index in [4.69, 9.17) is 21.1 Å². The summed E-state index contributed by atoms with van der Waals surface area (Å²) in [6, 6.07) is 10.3. The van der Waals surface area contributed by atoms with Crippen LogP contribution in [0, 0.1) is 0 Å². The van der Waals surface area contributed by atoms with Gasteiger partial charge in [-0.05, 0) is 29.8 Å². The third-order valence-corrected chi connectivity index (χ3v) is 4.33. The number of hydrogen-bond donors (Lipinski definition) is 1.